The monoisotopic (exact) mass is 460 g/mol. The van der Waals surface area contributed by atoms with E-state index in [1.807, 2.05) is 12.1 Å². The quantitative estimate of drug-likeness (QED) is 0.427. The number of hydrogen-bond acceptors (Lipinski definition) is 5. The molecule has 0 radical (unpaired) electrons. The van der Waals surface area contributed by atoms with Gasteiger partial charge in [-0.3, -0.25) is 9.59 Å². The molecule has 0 aromatic heterocycles. The Hall–Kier alpha value is -2.41. The molecule has 0 saturated carbocycles. The van der Waals surface area contributed by atoms with Crippen molar-refractivity contribution in [1.29, 1.82) is 0 Å². The van der Waals surface area contributed by atoms with E-state index in [1.165, 1.54) is 12.0 Å². The van der Waals surface area contributed by atoms with Gasteiger partial charge in [0.05, 0.1) is 5.41 Å². The van der Waals surface area contributed by atoms with Crippen molar-refractivity contribution in [1.82, 2.24) is 10.2 Å². The second kappa shape index (κ2) is 11.1. The smallest absolute Gasteiger partial charge is 0.326 e. The summed E-state index contributed by atoms with van der Waals surface area (Å²) in [6, 6.07) is 6.75. The molecule has 1 unspecified atom stereocenters. The Kier molecular flexibility index (Phi) is 9.06. The van der Waals surface area contributed by atoms with Crippen molar-refractivity contribution in [3.05, 3.63) is 29.8 Å². The van der Waals surface area contributed by atoms with E-state index in [4.69, 9.17) is 4.74 Å². The Balaban J connectivity index is 2.13. The van der Waals surface area contributed by atoms with E-state index < -0.39 is 29.3 Å². The molecular weight excluding hydrogens is 420 g/mol. The van der Waals surface area contributed by atoms with Crippen molar-refractivity contribution in [3.8, 4) is 5.75 Å². The third-order valence-corrected chi connectivity index (χ3v) is 6.76. The number of benzene rings is 1. The average molecular weight is 461 g/mol. The summed E-state index contributed by atoms with van der Waals surface area (Å²) in [5.41, 5.74) is 0.0810. The van der Waals surface area contributed by atoms with Crippen LogP contribution >= 0.6 is 0 Å². The number of rotatable bonds is 9. The number of carbonyl (C=O) groups is 3. The topological polar surface area (TPSA) is 95.9 Å². The van der Waals surface area contributed by atoms with E-state index in [9.17, 15) is 19.5 Å². The lowest BCUT2D eigenvalue weighted by Gasteiger charge is -2.35. The molecule has 0 aliphatic carbocycles. The number of likely N-dealkylation sites (N-methyl/N-ethyl adjacent to an activating group) is 1. The van der Waals surface area contributed by atoms with Gasteiger partial charge in [0.15, 0.2) is 0 Å². The lowest BCUT2D eigenvalue weighted by Crippen LogP contribution is -2.46. The Morgan fingerprint density at radius 1 is 1.24 bits per heavy atom. The van der Waals surface area contributed by atoms with Crippen molar-refractivity contribution in [3.63, 3.8) is 0 Å². The standard InChI is InChI=1S/C26H40N2O5/c1-7-26(13-8-9-14-28(6)17-26)19-11-10-12-20(15-19)33-24(32)25(4,5)16-21(29)27-22(18(2)3)23(30)31/h10-12,15,18,22H,7-9,13-14,16-17H2,1-6H3,(H,27,29)(H,30,31)/t22-,26?/m0/s1. The van der Waals surface area contributed by atoms with Gasteiger partial charge in [0.2, 0.25) is 5.91 Å². The van der Waals surface area contributed by atoms with Crippen LogP contribution in [0.25, 0.3) is 0 Å². The maximum atomic E-state index is 12.9. The number of ether oxygens (including phenoxy) is 1. The fourth-order valence-corrected chi connectivity index (χ4v) is 4.59. The molecule has 7 nitrogen and oxygen atoms in total. The predicted molar refractivity (Wildman–Crippen MR) is 128 cm³/mol. The first-order chi connectivity index (χ1) is 15.4. The van der Waals surface area contributed by atoms with Crippen LogP contribution in [0.4, 0.5) is 0 Å². The summed E-state index contributed by atoms with van der Waals surface area (Å²) in [5.74, 6) is -1.90. The van der Waals surface area contributed by atoms with Crippen LogP contribution in [0.5, 0.6) is 5.75 Å². The van der Waals surface area contributed by atoms with E-state index in [2.05, 4.69) is 30.3 Å². The first kappa shape index (κ1) is 26.8. The highest BCUT2D eigenvalue weighted by atomic mass is 16.5. The first-order valence-corrected chi connectivity index (χ1v) is 11.9. The van der Waals surface area contributed by atoms with Gasteiger partial charge < -0.3 is 20.1 Å². The highest BCUT2D eigenvalue weighted by Crippen LogP contribution is 2.38. The summed E-state index contributed by atoms with van der Waals surface area (Å²) in [6.07, 6.45) is 4.28. The van der Waals surface area contributed by atoms with Crippen molar-refractivity contribution in [2.45, 2.75) is 78.2 Å². The second-order valence-electron chi connectivity index (χ2n) is 10.4. The predicted octanol–water partition coefficient (Wildman–Crippen LogP) is 4.00. The number of hydrogen-bond donors (Lipinski definition) is 2. The SMILES string of the molecule is CCC1(c2cccc(OC(=O)C(C)(C)CC(=O)N[C@H](C(=O)O)C(C)C)c2)CCCCN(C)C1. The van der Waals surface area contributed by atoms with Crippen molar-refractivity contribution in [2.75, 3.05) is 20.1 Å². The molecule has 2 atom stereocenters. The number of aliphatic carboxylic acids is 1. The minimum Gasteiger partial charge on any atom is -0.480 e. The molecule has 1 aliphatic heterocycles. The fourth-order valence-electron chi connectivity index (χ4n) is 4.59. The van der Waals surface area contributed by atoms with E-state index in [0.29, 0.717) is 5.75 Å². The molecule has 2 N–H and O–H groups in total. The number of nitrogens with zero attached hydrogens (tertiary/aromatic N) is 1. The van der Waals surface area contributed by atoms with Gasteiger partial charge in [0, 0.05) is 18.4 Å². The number of amides is 1. The number of carboxylic acid groups (broad SMARTS) is 1. The lowest BCUT2D eigenvalue weighted by molar-refractivity contribution is -0.148. The zero-order valence-corrected chi connectivity index (χ0v) is 20.9. The van der Waals surface area contributed by atoms with Crippen molar-refractivity contribution in [2.24, 2.45) is 11.3 Å². The molecule has 1 amide bonds. The highest BCUT2D eigenvalue weighted by molar-refractivity contribution is 5.88. The molecule has 2 rings (SSSR count). The summed E-state index contributed by atoms with van der Waals surface area (Å²) in [7, 11) is 2.15. The van der Waals surface area contributed by atoms with E-state index >= 15 is 0 Å². The second-order valence-corrected chi connectivity index (χ2v) is 10.4. The Bertz CT molecular complexity index is 851. The largest absolute Gasteiger partial charge is 0.480 e. The normalized spacial score (nSPS) is 20.7. The molecule has 1 aromatic rings. The van der Waals surface area contributed by atoms with Gasteiger partial charge in [-0.25, -0.2) is 4.79 Å². The van der Waals surface area contributed by atoms with Crippen molar-refractivity contribution >= 4 is 17.8 Å². The third-order valence-electron chi connectivity index (χ3n) is 6.76. The molecule has 7 heteroatoms. The number of nitrogens with one attached hydrogen (secondary N) is 1. The molecule has 0 bridgehead atoms. The molecule has 1 fully saturated rings. The summed E-state index contributed by atoms with van der Waals surface area (Å²) >= 11 is 0. The molecule has 184 valence electrons. The lowest BCUT2D eigenvalue weighted by atomic mass is 9.74. The van der Waals surface area contributed by atoms with E-state index in [0.717, 1.165) is 32.4 Å². The van der Waals surface area contributed by atoms with Gasteiger partial charge >= 0.3 is 11.9 Å². The van der Waals surface area contributed by atoms with Gasteiger partial charge in [0.25, 0.3) is 0 Å². The number of carbonyl (C=O) groups excluding carboxylic acids is 2. The Morgan fingerprint density at radius 3 is 2.55 bits per heavy atom. The van der Waals surface area contributed by atoms with Gasteiger partial charge in [-0.05, 0) is 70.3 Å². The average Bonchev–Trinajstić information content (AvgIpc) is 2.93. The third kappa shape index (κ3) is 7.03. The van der Waals surface area contributed by atoms with Gasteiger partial charge in [0.1, 0.15) is 11.8 Å². The molecule has 1 aliphatic rings. The molecule has 1 aromatic carbocycles. The summed E-state index contributed by atoms with van der Waals surface area (Å²) in [6.45, 7) is 11.0. The van der Waals surface area contributed by atoms with Crippen LogP contribution in [0.3, 0.4) is 0 Å². The number of carboxylic acids is 1. The number of esters is 1. The summed E-state index contributed by atoms with van der Waals surface area (Å²) in [5, 5.41) is 11.8. The molecule has 0 spiro atoms. The summed E-state index contributed by atoms with van der Waals surface area (Å²) < 4.78 is 5.71. The molecule has 33 heavy (non-hydrogen) atoms. The molecule has 1 saturated heterocycles. The number of likely N-dealkylation sites (tertiary alicyclic amines) is 1. The summed E-state index contributed by atoms with van der Waals surface area (Å²) in [4.78, 5) is 39.1. The first-order valence-electron chi connectivity index (χ1n) is 11.9. The van der Waals surface area contributed by atoms with Gasteiger partial charge in [-0.1, -0.05) is 39.3 Å². The van der Waals surface area contributed by atoms with E-state index in [1.54, 1.807) is 33.8 Å². The Morgan fingerprint density at radius 2 is 1.94 bits per heavy atom. The van der Waals surface area contributed by atoms with Crippen LogP contribution in [-0.4, -0.2) is 54.0 Å². The zero-order valence-electron chi connectivity index (χ0n) is 20.9. The zero-order chi connectivity index (χ0) is 24.8. The van der Waals surface area contributed by atoms with Crippen LogP contribution in [0.1, 0.15) is 72.3 Å². The van der Waals surface area contributed by atoms with Gasteiger partial charge in [-0.2, -0.15) is 0 Å². The highest BCUT2D eigenvalue weighted by Gasteiger charge is 2.36. The molecule has 1 heterocycles. The maximum absolute atomic E-state index is 12.9. The van der Waals surface area contributed by atoms with Crippen molar-refractivity contribution < 1.29 is 24.2 Å². The fraction of sp³-hybridized carbons (Fsp3) is 0.654. The van der Waals surface area contributed by atoms with Crippen LogP contribution in [0.15, 0.2) is 24.3 Å². The van der Waals surface area contributed by atoms with Crippen LogP contribution in [0.2, 0.25) is 0 Å². The Labute approximate surface area is 197 Å². The van der Waals surface area contributed by atoms with Gasteiger partial charge in [-0.15, -0.1) is 0 Å². The minimum atomic E-state index is -1.11. The van der Waals surface area contributed by atoms with Crippen LogP contribution < -0.4 is 10.1 Å². The maximum Gasteiger partial charge on any atom is 0.326 e. The minimum absolute atomic E-state index is 0.0196. The van der Waals surface area contributed by atoms with Crippen LogP contribution in [-0.2, 0) is 19.8 Å². The van der Waals surface area contributed by atoms with Crippen LogP contribution in [0, 0.1) is 11.3 Å². The van der Waals surface area contributed by atoms with E-state index in [-0.39, 0.29) is 17.8 Å². The molecular formula is C26H40N2O5.